The number of aryl methyl sites for hydroxylation is 1. The summed E-state index contributed by atoms with van der Waals surface area (Å²) in [5.41, 5.74) is 3.83. The highest BCUT2D eigenvalue weighted by Gasteiger charge is 2.32. The van der Waals surface area contributed by atoms with Crippen molar-refractivity contribution in [1.82, 2.24) is 25.5 Å². The van der Waals surface area contributed by atoms with Gasteiger partial charge in [-0.3, -0.25) is 5.41 Å². The van der Waals surface area contributed by atoms with Gasteiger partial charge in [-0.15, -0.1) is 0 Å². The van der Waals surface area contributed by atoms with Crippen molar-refractivity contribution in [2.75, 3.05) is 51.9 Å². The molecule has 3 N–H and O–H groups in total. The molecule has 0 aliphatic carbocycles. The summed E-state index contributed by atoms with van der Waals surface area (Å²) in [6.07, 6.45) is 4.01. The Bertz CT molecular complexity index is 1280. The Labute approximate surface area is 232 Å². The highest BCUT2D eigenvalue weighted by molar-refractivity contribution is 6.09. The number of alkyl halides is 2. The van der Waals surface area contributed by atoms with E-state index in [2.05, 4.69) is 20.6 Å². The fourth-order valence-corrected chi connectivity index (χ4v) is 5.60. The first-order chi connectivity index (χ1) is 19.4. The summed E-state index contributed by atoms with van der Waals surface area (Å²) in [6.45, 7) is 2.67. The van der Waals surface area contributed by atoms with E-state index in [-0.39, 0.29) is 36.0 Å². The number of fused-ring (bicyclic) bond motifs is 1. The van der Waals surface area contributed by atoms with Crippen LogP contribution in [0.5, 0.6) is 6.01 Å². The number of benzene rings is 1. The predicted octanol–water partition coefficient (Wildman–Crippen LogP) is 3.89. The molecule has 0 saturated carbocycles. The van der Waals surface area contributed by atoms with Crippen LogP contribution < -0.4 is 20.3 Å². The van der Waals surface area contributed by atoms with E-state index < -0.39 is 6.43 Å². The highest BCUT2D eigenvalue weighted by atomic mass is 19.3. The number of rotatable bonds is 6. The average molecular weight is 556 g/mol. The standard InChI is InChI=1S/C28H35F2N7O3/c1-32-28(38)36-9-5-23(35-19-6-10-40-11-7-19)22(16-36)26(31)37-8-3-4-17-12-20(21(25(29)30)13-24(17)37)18-14-33-27(39-2)34-15-18/h12-15,19,25,31,35H,3-11,16H2,1-2H3,(H,32,38). The summed E-state index contributed by atoms with van der Waals surface area (Å²) >= 11 is 0. The molecule has 1 fully saturated rings. The first-order valence-electron chi connectivity index (χ1n) is 13.6. The van der Waals surface area contributed by atoms with Crippen molar-refractivity contribution in [3.8, 4) is 17.1 Å². The van der Waals surface area contributed by atoms with Crippen molar-refractivity contribution >= 4 is 17.6 Å². The zero-order chi connectivity index (χ0) is 28.2. The van der Waals surface area contributed by atoms with Crippen molar-refractivity contribution in [1.29, 1.82) is 5.41 Å². The third-order valence-electron chi connectivity index (χ3n) is 7.73. The smallest absolute Gasteiger partial charge is 0.317 e. The number of carbonyl (C=O) groups excluding carboxylic acids is 1. The van der Waals surface area contributed by atoms with Crippen molar-refractivity contribution in [2.24, 2.45) is 0 Å². The monoisotopic (exact) mass is 555 g/mol. The summed E-state index contributed by atoms with van der Waals surface area (Å²) in [5, 5.41) is 15.6. The Kier molecular flexibility index (Phi) is 8.43. The lowest BCUT2D eigenvalue weighted by Crippen LogP contribution is -2.48. The van der Waals surface area contributed by atoms with Crippen LogP contribution in [-0.2, 0) is 11.2 Å². The van der Waals surface area contributed by atoms with Gasteiger partial charge < -0.3 is 29.9 Å². The average Bonchev–Trinajstić information content (AvgIpc) is 3.00. The number of methoxy groups -OCH3 is 1. The Balaban J connectivity index is 1.51. The Morgan fingerprint density at radius 3 is 2.60 bits per heavy atom. The molecule has 1 aromatic heterocycles. The summed E-state index contributed by atoms with van der Waals surface area (Å²) in [5.74, 6) is 0.227. The second kappa shape index (κ2) is 12.2. The summed E-state index contributed by atoms with van der Waals surface area (Å²) in [7, 11) is 3.03. The van der Waals surface area contributed by atoms with Crippen molar-refractivity contribution < 1.29 is 23.0 Å². The van der Waals surface area contributed by atoms with Crippen LogP contribution in [0.4, 0.5) is 19.3 Å². The molecule has 0 unspecified atom stereocenters. The molecule has 0 atom stereocenters. The molecule has 3 aliphatic rings. The van der Waals surface area contributed by atoms with Gasteiger partial charge in [-0.1, -0.05) is 0 Å². The Morgan fingerprint density at radius 1 is 1.18 bits per heavy atom. The minimum atomic E-state index is -2.73. The molecule has 0 bridgehead atoms. The minimum absolute atomic E-state index is 0.141. The largest absolute Gasteiger partial charge is 0.467 e. The topological polar surface area (TPSA) is 116 Å². The number of halogens is 2. The number of nitrogens with zero attached hydrogens (tertiary/aromatic N) is 4. The number of hydrogen-bond donors (Lipinski definition) is 3. The van der Waals surface area contributed by atoms with E-state index in [1.807, 2.05) is 4.90 Å². The van der Waals surface area contributed by atoms with Gasteiger partial charge in [0.1, 0.15) is 5.84 Å². The van der Waals surface area contributed by atoms with Crippen LogP contribution in [0.3, 0.4) is 0 Å². The lowest BCUT2D eigenvalue weighted by molar-refractivity contribution is 0.0798. The van der Waals surface area contributed by atoms with Gasteiger partial charge >= 0.3 is 12.0 Å². The molecule has 10 nitrogen and oxygen atoms in total. The second-order valence-electron chi connectivity index (χ2n) is 10.1. The molecule has 5 rings (SSSR count). The van der Waals surface area contributed by atoms with Crippen molar-refractivity contribution in [3.63, 3.8) is 0 Å². The van der Waals surface area contributed by atoms with E-state index in [4.69, 9.17) is 9.47 Å². The minimum Gasteiger partial charge on any atom is -0.467 e. The molecule has 1 aromatic carbocycles. The zero-order valence-electron chi connectivity index (χ0n) is 22.8. The van der Waals surface area contributed by atoms with Crippen LogP contribution in [0.2, 0.25) is 0 Å². The van der Waals surface area contributed by atoms with Crippen LogP contribution in [0.15, 0.2) is 35.8 Å². The van der Waals surface area contributed by atoms with E-state index in [1.54, 1.807) is 18.0 Å². The molecule has 1 saturated heterocycles. The third kappa shape index (κ3) is 5.72. The number of ether oxygens (including phenoxy) is 2. The van der Waals surface area contributed by atoms with E-state index in [9.17, 15) is 19.0 Å². The number of urea groups is 1. The lowest BCUT2D eigenvalue weighted by Gasteiger charge is -2.38. The van der Waals surface area contributed by atoms with Crippen LogP contribution in [-0.4, -0.2) is 79.8 Å². The van der Waals surface area contributed by atoms with Gasteiger partial charge in [0.05, 0.1) is 13.7 Å². The fraction of sp³-hybridized carbons (Fsp3) is 0.500. The highest BCUT2D eigenvalue weighted by Crippen LogP contribution is 2.39. The first kappa shape index (κ1) is 27.8. The Hall–Kier alpha value is -3.80. The first-order valence-corrected chi connectivity index (χ1v) is 13.6. The number of nitrogens with one attached hydrogen (secondary N) is 3. The Morgan fingerprint density at radius 2 is 1.93 bits per heavy atom. The normalized spacial score (nSPS) is 18.0. The zero-order valence-corrected chi connectivity index (χ0v) is 22.8. The number of amides is 2. The summed E-state index contributed by atoms with van der Waals surface area (Å²) < 4.78 is 39.3. The van der Waals surface area contributed by atoms with Gasteiger partial charge in [-0.05, 0) is 48.9 Å². The molecule has 4 heterocycles. The number of anilines is 1. The molecular formula is C28H35F2N7O3. The van der Waals surface area contributed by atoms with E-state index in [0.29, 0.717) is 61.5 Å². The van der Waals surface area contributed by atoms with Crippen molar-refractivity contribution in [2.45, 2.75) is 44.6 Å². The van der Waals surface area contributed by atoms with E-state index in [0.717, 1.165) is 30.5 Å². The van der Waals surface area contributed by atoms with Gasteiger partial charge in [-0.2, -0.15) is 0 Å². The van der Waals surface area contributed by atoms with Gasteiger partial charge in [0.25, 0.3) is 6.43 Å². The number of amidine groups is 1. The third-order valence-corrected chi connectivity index (χ3v) is 7.73. The van der Waals surface area contributed by atoms with Crippen LogP contribution in [0, 0.1) is 5.41 Å². The molecule has 40 heavy (non-hydrogen) atoms. The molecule has 2 amide bonds. The summed E-state index contributed by atoms with van der Waals surface area (Å²) in [4.78, 5) is 24.2. The maximum Gasteiger partial charge on any atom is 0.317 e. The molecule has 0 spiro atoms. The van der Waals surface area contributed by atoms with Gasteiger partial charge in [-0.25, -0.2) is 23.5 Å². The maximum absolute atomic E-state index is 14.4. The van der Waals surface area contributed by atoms with E-state index >= 15 is 0 Å². The molecule has 214 valence electrons. The van der Waals surface area contributed by atoms with Crippen LogP contribution in [0.25, 0.3) is 11.1 Å². The van der Waals surface area contributed by atoms with Crippen LogP contribution >= 0.6 is 0 Å². The molecule has 0 radical (unpaired) electrons. The van der Waals surface area contributed by atoms with Gasteiger partial charge in [0.2, 0.25) is 0 Å². The molecular weight excluding hydrogens is 520 g/mol. The lowest BCUT2D eigenvalue weighted by atomic mass is 9.92. The molecule has 2 aromatic rings. The number of hydrogen-bond acceptors (Lipinski definition) is 7. The molecule has 3 aliphatic heterocycles. The van der Waals surface area contributed by atoms with Gasteiger partial charge in [0.15, 0.2) is 0 Å². The fourth-order valence-electron chi connectivity index (χ4n) is 5.60. The van der Waals surface area contributed by atoms with Gasteiger partial charge in [0, 0.05) is 86.3 Å². The maximum atomic E-state index is 14.4. The summed E-state index contributed by atoms with van der Waals surface area (Å²) in [6, 6.07) is 3.46. The quantitative estimate of drug-likeness (QED) is 0.366. The van der Waals surface area contributed by atoms with Crippen molar-refractivity contribution in [3.05, 3.63) is 46.9 Å². The predicted molar refractivity (Wildman–Crippen MR) is 147 cm³/mol. The SMILES string of the molecule is CNC(=O)N1CCC(NC2CCOCC2)=C(C(=N)N2CCCc3cc(-c4cnc(OC)nc4)c(C(F)F)cc32)C1. The van der Waals surface area contributed by atoms with Crippen LogP contribution in [0.1, 0.15) is 43.2 Å². The molecule has 12 heteroatoms. The number of carbonyl (C=O) groups is 1. The van der Waals surface area contributed by atoms with E-state index in [1.165, 1.54) is 25.6 Å². The second-order valence-corrected chi connectivity index (χ2v) is 10.1. The number of aromatic nitrogens is 2.